The Balaban J connectivity index is 1.32. The summed E-state index contributed by atoms with van der Waals surface area (Å²) in [5, 5.41) is 3.06. The highest BCUT2D eigenvalue weighted by molar-refractivity contribution is 5.90. The largest absolute Gasteiger partial charge is 0.441 e. The molecular formula is C20H21F3N4O2. The number of rotatable bonds is 4. The normalized spacial score (nSPS) is 24.6. The van der Waals surface area contributed by atoms with Crippen LogP contribution in [0.5, 0.6) is 0 Å². The Hall–Kier alpha value is -2.84. The fraction of sp³-hybridized carbons (Fsp3) is 0.450. The summed E-state index contributed by atoms with van der Waals surface area (Å²) in [5.74, 6) is 0.293. The van der Waals surface area contributed by atoms with Crippen LogP contribution in [0.2, 0.25) is 0 Å². The van der Waals surface area contributed by atoms with E-state index in [1.165, 1.54) is 6.20 Å². The maximum atomic E-state index is 12.8. The van der Waals surface area contributed by atoms with Gasteiger partial charge in [-0.15, -0.1) is 0 Å². The Bertz CT molecular complexity index is 868. The number of hydrogen-bond donors (Lipinski definition) is 1. The smallest absolute Gasteiger partial charge is 0.417 e. The molecule has 29 heavy (non-hydrogen) atoms. The molecule has 1 amide bonds. The molecule has 0 atom stereocenters. The number of amides is 1. The fourth-order valence-electron chi connectivity index (χ4n) is 3.96. The molecule has 0 aromatic carbocycles. The molecule has 3 heterocycles. The molecule has 4 rings (SSSR count). The van der Waals surface area contributed by atoms with Crippen LogP contribution in [-0.2, 0) is 10.9 Å². The second-order valence-electron chi connectivity index (χ2n) is 7.63. The number of nitrogens with one attached hydrogen (secondary N) is 1. The molecule has 2 fully saturated rings. The molecule has 1 N–H and O–H groups in total. The molecule has 1 spiro atoms. The van der Waals surface area contributed by atoms with Crippen molar-refractivity contribution in [2.24, 2.45) is 5.92 Å². The van der Waals surface area contributed by atoms with Crippen molar-refractivity contribution in [1.29, 1.82) is 0 Å². The number of carbonyl (C=O) groups excluding carboxylic acids is 1. The molecule has 2 aromatic rings. The number of pyridine rings is 2. The van der Waals surface area contributed by atoms with Gasteiger partial charge in [-0.3, -0.25) is 14.9 Å². The predicted octanol–water partition coefficient (Wildman–Crippen LogP) is 4.49. The summed E-state index contributed by atoms with van der Waals surface area (Å²) in [6.07, 6.45) is 3.84. The van der Waals surface area contributed by atoms with Gasteiger partial charge in [0.05, 0.1) is 29.7 Å². The summed E-state index contributed by atoms with van der Waals surface area (Å²) in [6.45, 7) is 1.05. The SMILES string of the molecule is O=C1O[C@]2(CC[C@H](CNc3cncc(C(F)(F)F)c3)CC2)CN1c1cccnc1. The lowest BCUT2D eigenvalue weighted by Crippen LogP contribution is -2.39. The lowest BCUT2D eigenvalue weighted by molar-refractivity contribution is -0.137. The number of halogens is 3. The Morgan fingerprint density at radius 3 is 2.69 bits per heavy atom. The monoisotopic (exact) mass is 406 g/mol. The third-order valence-electron chi connectivity index (χ3n) is 5.60. The van der Waals surface area contributed by atoms with Gasteiger partial charge in [0.2, 0.25) is 0 Å². The van der Waals surface area contributed by atoms with Gasteiger partial charge in [0.25, 0.3) is 0 Å². The first kappa shape index (κ1) is 19.5. The number of alkyl halides is 3. The molecule has 0 unspecified atom stereocenters. The molecule has 154 valence electrons. The Labute approximate surface area is 166 Å². The third-order valence-corrected chi connectivity index (χ3v) is 5.60. The van der Waals surface area contributed by atoms with Crippen LogP contribution in [0.15, 0.2) is 43.0 Å². The van der Waals surface area contributed by atoms with E-state index in [0.29, 0.717) is 24.7 Å². The number of hydrogen-bond acceptors (Lipinski definition) is 5. The van der Waals surface area contributed by atoms with Crippen molar-refractivity contribution in [1.82, 2.24) is 9.97 Å². The van der Waals surface area contributed by atoms with Gasteiger partial charge in [-0.05, 0) is 49.8 Å². The minimum Gasteiger partial charge on any atom is -0.441 e. The second kappa shape index (κ2) is 7.53. The molecule has 1 saturated carbocycles. The quantitative estimate of drug-likeness (QED) is 0.810. The third kappa shape index (κ3) is 4.28. The first-order chi connectivity index (χ1) is 13.8. The van der Waals surface area contributed by atoms with Gasteiger partial charge in [-0.1, -0.05) is 0 Å². The zero-order valence-corrected chi connectivity index (χ0v) is 15.7. The van der Waals surface area contributed by atoms with E-state index in [1.54, 1.807) is 23.4 Å². The van der Waals surface area contributed by atoms with Gasteiger partial charge in [0, 0.05) is 25.1 Å². The van der Waals surface area contributed by atoms with E-state index in [0.717, 1.165) is 43.6 Å². The van der Waals surface area contributed by atoms with Crippen LogP contribution in [0, 0.1) is 5.92 Å². The van der Waals surface area contributed by atoms with Crippen molar-refractivity contribution in [2.45, 2.75) is 37.5 Å². The Kier molecular flexibility index (Phi) is 5.06. The summed E-state index contributed by atoms with van der Waals surface area (Å²) < 4.78 is 44.1. The van der Waals surface area contributed by atoms with Crippen LogP contribution >= 0.6 is 0 Å². The second-order valence-corrected chi connectivity index (χ2v) is 7.63. The van der Waals surface area contributed by atoms with E-state index in [4.69, 9.17) is 4.74 Å². The van der Waals surface area contributed by atoms with Crippen LogP contribution in [0.25, 0.3) is 0 Å². The van der Waals surface area contributed by atoms with Gasteiger partial charge >= 0.3 is 12.3 Å². The first-order valence-corrected chi connectivity index (χ1v) is 9.51. The summed E-state index contributed by atoms with van der Waals surface area (Å²) in [4.78, 5) is 21.6. The van der Waals surface area contributed by atoms with E-state index in [2.05, 4.69) is 15.3 Å². The van der Waals surface area contributed by atoms with E-state index in [-0.39, 0.29) is 6.09 Å². The predicted molar refractivity (Wildman–Crippen MR) is 100 cm³/mol. The molecular weight excluding hydrogens is 385 g/mol. The zero-order valence-electron chi connectivity index (χ0n) is 15.7. The maximum Gasteiger partial charge on any atom is 0.417 e. The lowest BCUT2D eigenvalue weighted by atomic mass is 9.78. The molecule has 1 aliphatic heterocycles. The molecule has 0 radical (unpaired) electrons. The van der Waals surface area contributed by atoms with Gasteiger partial charge in [0.1, 0.15) is 5.60 Å². The van der Waals surface area contributed by atoms with E-state index < -0.39 is 17.3 Å². The molecule has 0 bridgehead atoms. The van der Waals surface area contributed by atoms with E-state index >= 15 is 0 Å². The highest BCUT2D eigenvalue weighted by Gasteiger charge is 2.47. The summed E-state index contributed by atoms with van der Waals surface area (Å²) in [7, 11) is 0. The number of aromatic nitrogens is 2. The minimum absolute atomic E-state index is 0.293. The molecule has 9 heteroatoms. The van der Waals surface area contributed by atoms with Crippen LogP contribution in [0.1, 0.15) is 31.2 Å². The highest BCUT2D eigenvalue weighted by atomic mass is 19.4. The maximum absolute atomic E-state index is 12.8. The van der Waals surface area contributed by atoms with Crippen LogP contribution in [0.4, 0.5) is 29.3 Å². The summed E-state index contributed by atoms with van der Waals surface area (Å²) >= 11 is 0. The summed E-state index contributed by atoms with van der Waals surface area (Å²) in [5.41, 5.74) is -0.190. The lowest BCUT2D eigenvalue weighted by Gasteiger charge is -2.35. The van der Waals surface area contributed by atoms with Crippen LogP contribution in [-0.4, -0.2) is 34.8 Å². The van der Waals surface area contributed by atoms with Gasteiger partial charge in [0.15, 0.2) is 0 Å². The Morgan fingerprint density at radius 1 is 1.21 bits per heavy atom. The number of ether oxygens (including phenoxy) is 1. The van der Waals surface area contributed by atoms with Crippen molar-refractivity contribution in [3.8, 4) is 0 Å². The standard InChI is InChI=1S/C20H21F3N4O2/c21-20(22,23)15-8-16(11-25-10-15)26-9-14-3-5-19(6-4-14)13-27(18(28)29-19)17-2-1-7-24-12-17/h1-2,7-8,10-12,14,26H,3-6,9,13H2/t14-,19-. The summed E-state index contributed by atoms with van der Waals surface area (Å²) in [6, 6.07) is 4.67. The van der Waals surface area contributed by atoms with Crippen LogP contribution < -0.4 is 10.2 Å². The fourth-order valence-corrected chi connectivity index (χ4v) is 3.96. The van der Waals surface area contributed by atoms with Crippen molar-refractivity contribution >= 4 is 17.5 Å². The molecule has 2 aromatic heterocycles. The number of nitrogens with zero attached hydrogens (tertiary/aromatic N) is 3. The number of anilines is 2. The average molecular weight is 406 g/mol. The number of carbonyl (C=O) groups is 1. The highest BCUT2D eigenvalue weighted by Crippen LogP contribution is 2.40. The first-order valence-electron chi connectivity index (χ1n) is 9.51. The van der Waals surface area contributed by atoms with Crippen molar-refractivity contribution in [3.63, 3.8) is 0 Å². The molecule has 1 aliphatic carbocycles. The van der Waals surface area contributed by atoms with Crippen molar-refractivity contribution in [3.05, 3.63) is 48.5 Å². The van der Waals surface area contributed by atoms with Gasteiger partial charge in [-0.2, -0.15) is 13.2 Å². The average Bonchev–Trinajstić information content (AvgIpc) is 3.04. The topological polar surface area (TPSA) is 67.3 Å². The van der Waals surface area contributed by atoms with Crippen molar-refractivity contribution in [2.75, 3.05) is 23.3 Å². The Morgan fingerprint density at radius 2 is 2.00 bits per heavy atom. The molecule has 6 nitrogen and oxygen atoms in total. The minimum atomic E-state index is -4.41. The zero-order chi connectivity index (χ0) is 20.5. The molecule has 1 saturated heterocycles. The van der Waals surface area contributed by atoms with Crippen molar-refractivity contribution < 1.29 is 22.7 Å². The van der Waals surface area contributed by atoms with Crippen LogP contribution in [0.3, 0.4) is 0 Å². The van der Waals surface area contributed by atoms with E-state index in [9.17, 15) is 18.0 Å². The van der Waals surface area contributed by atoms with E-state index in [1.807, 2.05) is 6.07 Å². The molecule has 2 aliphatic rings. The van der Waals surface area contributed by atoms with Gasteiger partial charge in [-0.25, -0.2) is 4.79 Å². The van der Waals surface area contributed by atoms with Gasteiger partial charge < -0.3 is 10.1 Å².